The van der Waals surface area contributed by atoms with Gasteiger partial charge in [0.25, 0.3) is 0 Å². The Kier molecular flexibility index (Phi) is 4.76. The Hall–Kier alpha value is -1.45. The first-order valence-electron chi connectivity index (χ1n) is 5.96. The molecule has 126 valence electrons. The van der Waals surface area contributed by atoms with Crippen LogP contribution in [0.3, 0.4) is 0 Å². The largest absolute Gasteiger partial charge is 0.499 e. The fraction of sp³-hybridized carbons (Fsp3) is 0.583. The first-order valence-corrected chi connectivity index (χ1v) is 7.62. The zero-order valence-electron chi connectivity index (χ0n) is 11.9. The molecule has 0 saturated heterocycles. The summed E-state index contributed by atoms with van der Waals surface area (Å²) in [6.07, 6.45) is -10.6. The van der Waals surface area contributed by atoms with Crippen LogP contribution >= 0.6 is 0 Å². The van der Waals surface area contributed by atoms with E-state index in [1.807, 2.05) is 0 Å². The fourth-order valence-electron chi connectivity index (χ4n) is 1.17. The van der Waals surface area contributed by atoms with Gasteiger partial charge < -0.3 is 4.74 Å². The smallest absolute Gasteiger partial charge is 0.424 e. The van der Waals surface area contributed by atoms with E-state index < -0.39 is 38.4 Å². The van der Waals surface area contributed by atoms with E-state index in [9.17, 15) is 30.4 Å². The van der Waals surface area contributed by atoms with Crippen molar-refractivity contribution in [1.82, 2.24) is 4.98 Å². The molecule has 1 aromatic heterocycles. The minimum atomic E-state index is -5.86. The molecule has 10 heteroatoms. The average Bonchev–Trinajstić information content (AvgIpc) is 2.28. The van der Waals surface area contributed by atoms with E-state index in [2.05, 4.69) is 9.72 Å². The third-order valence-electron chi connectivity index (χ3n) is 2.64. The number of nitrogens with zero attached hydrogens (tertiary/aromatic N) is 1. The Bertz CT molecular complexity index is 618. The number of hydrogen-bond donors (Lipinski definition) is 0. The Morgan fingerprint density at radius 2 is 1.64 bits per heavy atom. The number of hydrogen-bond acceptors (Lipinski definition) is 4. The van der Waals surface area contributed by atoms with E-state index in [4.69, 9.17) is 0 Å². The van der Waals surface area contributed by atoms with Gasteiger partial charge in [0.1, 0.15) is 5.75 Å². The molecule has 0 fully saturated rings. The van der Waals surface area contributed by atoms with Gasteiger partial charge in [0.2, 0.25) is 0 Å². The minimum Gasteiger partial charge on any atom is -0.424 e. The lowest BCUT2D eigenvalue weighted by Crippen LogP contribution is -2.41. The van der Waals surface area contributed by atoms with E-state index in [1.54, 1.807) is 0 Å². The van der Waals surface area contributed by atoms with E-state index in [0.717, 1.165) is 12.1 Å². The monoisotopic (exact) mass is 347 g/mol. The van der Waals surface area contributed by atoms with Crippen LogP contribution < -0.4 is 4.74 Å². The molecular formula is C12H14F5NO3S. The number of alkyl halides is 5. The van der Waals surface area contributed by atoms with Crippen molar-refractivity contribution in [3.63, 3.8) is 0 Å². The van der Waals surface area contributed by atoms with Crippen LogP contribution in [0, 0.1) is 0 Å². The van der Waals surface area contributed by atoms with Crippen LogP contribution in [0.2, 0.25) is 0 Å². The summed E-state index contributed by atoms with van der Waals surface area (Å²) in [6.45, 7) is 4.43. The molecule has 0 saturated carbocycles. The highest BCUT2D eigenvalue weighted by Gasteiger charge is 2.61. The zero-order chi connectivity index (χ0) is 17.4. The van der Waals surface area contributed by atoms with Crippen LogP contribution in [0.25, 0.3) is 0 Å². The summed E-state index contributed by atoms with van der Waals surface area (Å²) in [4.78, 5) is 3.54. The van der Waals surface area contributed by atoms with E-state index >= 15 is 0 Å². The topological polar surface area (TPSA) is 56.3 Å². The third-order valence-corrected chi connectivity index (χ3v) is 5.19. The number of ether oxygens (including phenoxy) is 1. The Labute approximate surface area is 124 Å². The Morgan fingerprint density at radius 1 is 1.09 bits per heavy atom. The summed E-state index contributed by atoms with van der Waals surface area (Å²) >= 11 is 0. The van der Waals surface area contributed by atoms with E-state index in [0.29, 0.717) is 6.20 Å². The van der Waals surface area contributed by atoms with Crippen molar-refractivity contribution < 1.29 is 35.1 Å². The highest BCUT2D eigenvalue weighted by atomic mass is 32.2. The summed E-state index contributed by atoms with van der Waals surface area (Å²) in [5, 5.41) is 0. The zero-order valence-corrected chi connectivity index (χ0v) is 12.7. The molecule has 0 spiro atoms. The standard InChI is InChI=1S/C12H14F5NO3S/c1-10(2,3)22(19,20)7-8-4-5-9(6-18-8)21-12(16,17)11(13,14)15/h4-6H,7H2,1-3H3. The number of aromatic nitrogens is 1. The molecule has 0 bridgehead atoms. The van der Waals surface area contributed by atoms with Gasteiger partial charge in [0, 0.05) is 0 Å². The lowest BCUT2D eigenvalue weighted by Gasteiger charge is -2.20. The van der Waals surface area contributed by atoms with Gasteiger partial charge in [-0.2, -0.15) is 22.0 Å². The summed E-state index contributed by atoms with van der Waals surface area (Å²) in [7, 11) is -3.55. The van der Waals surface area contributed by atoms with Crippen LogP contribution in [0.15, 0.2) is 18.3 Å². The maximum atomic E-state index is 12.7. The van der Waals surface area contributed by atoms with Gasteiger partial charge >= 0.3 is 12.3 Å². The van der Waals surface area contributed by atoms with Crippen LogP contribution in [0.5, 0.6) is 5.75 Å². The molecule has 1 aromatic rings. The van der Waals surface area contributed by atoms with Crippen molar-refractivity contribution in [2.24, 2.45) is 0 Å². The molecule has 4 nitrogen and oxygen atoms in total. The molecular weight excluding hydrogens is 333 g/mol. The molecule has 0 amide bonds. The van der Waals surface area contributed by atoms with Crippen molar-refractivity contribution in [3.8, 4) is 5.75 Å². The molecule has 0 unspecified atom stereocenters. The van der Waals surface area contributed by atoms with Crippen LogP contribution in [0.1, 0.15) is 26.5 Å². The molecule has 0 radical (unpaired) electrons. The van der Waals surface area contributed by atoms with Gasteiger partial charge in [0.05, 0.1) is 22.4 Å². The molecule has 0 N–H and O–H groups in total. The predicted octanol–water partition coefficient (Wildman–Crippen LogP) is 3.33. The molecule has 1 rings (SSSR count). The second-order valence-electron chi connectivity index (χ2n) is 5.47. The Morgan fingerprint density at radius 3 is 2.00 bits per heavy atom. The van der Waals surface area contributed by atoms with Crippen molar-refractivity contribution in [3.05, 3.63) is 24.0 Å². The van der Waals surface area contributed by atoms with Gasteiger partial charge in [-0.3, -0.25) is 4.98 Å². The summed E-state index contributed by atoms with van der Waals surface area (Å²) in [6, 6.07) is 1.82. The average molecular weight is 347 g/mol. The molecule has 0 aromatic carbocycles. The molecule has 0 atom stereocenters. The number of halogens is 5. The van der Waals surface area contributed by atoms with E-state index in [-0.39, 0.29) is 5.69 Å². The van der Waals surface area contributed by atoms with E-state index in [1.165, 1.54) is 20.8 Å². The fourth-order valence-corrected chi connectivity index (χ4v) is 2.17. The lowest BCUT2D eigenvalue weighted by atomic mass is 10.3. The normalized spacial score (nSPS) is 14.0. The molecule has 1 heterocycles. The SMILES string of the molecule is CC(C)(C)S(=O)(=O)Cc1ccc(OC(F)(F)C(F)(F)F)cn1. The summed E-state index contributed by atoms with van der Waals surface area (Å²) in [5.41, 5.74) is 0.0117. The summed E-state index contributed by atoms with van der Waals surface area (Å²) in [5.74, 6) is -1.29. The van der Waals surface area contributed by atoms with Crippen molar-refractivity contribution in [2.45, 2.75) is 43.6 Å². The van der Waals surface area contributed by atoms with Crippen molar-refractivity contribution in [2.75, 3.05) is 0 Å². The van der Waals surface area contributed by atoms with Gasteiger partial charge in [-0.25, -0.2) is 8.42 Å². The highest BCUT2D eigenvalue weighted by Crippen LogP contribution is 2.37. The van der Waals surface area contributed by atoms with Crippen molar-refractivity contribution in [1.29, 1.82) is 0 Å². The second-order valence-corrected chi connectivity index (χ2v) is 8.22. The number of rotatable bonds is 4. The highest BCUT2D eigenvalue weighted by molar-refractivity contribution is 7.91. The van der Waals surface area contributed by atoms with Crippen LogP contribution in [-0.4, -0.2) is 30.4 Å². The Balaban J connectivity index is 2.89. The number of pyridine rings is 1. The molecule has 0 aliphatic carbocycles. The number of sulfone groups is 1. The van der Waals surface area contributed by atoms with Gasteiger partial charge in [-0.1, -0.05) is 0 Å². The second kappa shape index (κ2) is 5.64. The maximum absolute atomic E-state index is 12.7. The first-order chi connectivity index (χ1) is 9.66. The van der Waals surface area contributed by atoms with Crippen LogP contribution in [0.4, 0.5) is 22.0 Å². The molecule has 0 aliphatic heterocycles. The molecule has 0 aliphatic rings. The third kappa shape index (κ3) is 4.28. The van der Waals surface area contributed by atoms with Crippen molar-refractivity contribution >= 4 is 9.84 Å². The van der Waals surface area contributed by atoms with Gasteiger partial charge in [-0.15, -0.1) is 0 Å². The van der Waals surface area contributed by atoms with Crippen LogP contribution in [-0.2, 0) is 15.6 Å². The van der Waals surface area contributed by atoms with Gasteiger partial charge in [-0.05, 0) is 32.9 Å². The lowest BCUT2D eigenvalue weighted by molar-refractivity contribution is -0.360. The predicted molar refractivity (Wildman–Crippen MR) is 68.2 cm³/mol. The minimum absolute atomic E-state index is 0.0117. The summed E-state index contributed by atoms with van der Waals surface area (Å²) < 4.78 is 87.6. The van der Waals surface area contributed by atoms with Gasteiger partial charge in [0.15, 0.2) is 9.84 Å². The maximum Gasteiger partial charge on any atom is 0.499 e. The molecule has 22 heavy (non-hydrogen) atoms. The first kappa shape index (κ1) is 18.6. The quantitative estimate of drug-likeness (QED) is 0.784.